The summed E-state index contributed by atoms with van der Waals surface area (Å²) in [6.45, 7) is 3.22. The first-order chi connectivity index (χ1) is 6.36. The van der Waals surface area contributed by atoms with Crippen LogP contribution in [0.2, 0.25) is 0 Å². The maximum absolute atomic E-state index is 8.60. The first-order valence-corrected chi connectivity index (χ1v) is 5.98. The molecule has 2 N–H and O–H groups in total. The summed E-state index contributed by atoms with van der Waals surface area (Å²) in [5.74, 6) is 0.683. The van der Waals surface area contributed by atoms with Crippen molar-refractivity contribution in [3.8, 4) is 0 Å². The van der Waals surface area contributed by atoms with Gasteiger partial charge in [-0.1, -0.05) is 30.0 Å². The van der Waals surface area contributed by atoms with Gasteiger partial charge in [0.15, 0.2) is 4.34 Å². The molecule has 0 saturated carbocycles. The Morgan fingerprint density at radius 1 is 1.54 bits per heavy atom. The van der Waals surface area contributed by atoms with E-state index in [1.165, 1.54) is 23.1 Å². The molecule has 74 valence electrons. The van der Waals surface area contributed by atoms with E-state index >= 15 is 0 Å². The van der Waals surface area contributed by atoms with Crippen molar-refractivity contribution in [2.24, 2.45) is 0 Å². The quantitative estimate of drug-likeness (QED) is 0.709. The first kappa shape index (κ1) is 10.7. The molecule has 0 fully saturated rings. The van der Waals surface area contributed by atoms with E-state index in [1.54, 1.807) is 0 Å². The van der Waals surface area contributed by atoms with Gasteiger partial charge in [0.25, 0.3) is 0 Å². The zero-order valence-electron chi connectivity index (χ0n) is 7.49. The molecule has 0 bridgehead atoms. The van der Waals surface area contributed by atoms with E-state index in [9.17, 15) is 0 Å². The SMILES string of the molecule is CCCNc1nnc(SCCO)s1. The number of nitrogens with zero attached hydrogens (tertiary/aromatic N) is 2. The van der Waals surface area contributed by atoms with E-state index in [4.69, 9.17) is 5.11 Å². The van der Waals surface area contributed by atoms with Crippen molar-refractivity contribution in [2.45, 2.75) is 17.7 Å². The minimum absolute atomic E-state index is 0.183. The van der Waals surface area contributed by atoms with E-state index in [1.807, 2.05) is 0 Å². The number of thioether (sulfide) groups is 1. The Morgan fingerprint density at radius 3 is 3.08 bits per heavy atom. The highest BCUT2D eigenvalue weighted by Crippen LogP contribution is 2.24. The lowest BCUT2D eigenvalue weighted by molar-refractivity contribution is 0.322. The summed E-state index contributed by atoms with van der Waals surface area (Å²) in [7, 11) is 0. The number of aromatic nitrogens is 2. The summed E-state index contributed by atoms with van der Waals surface area (Å²) in [5.41, 5.74) is 0. The Kier molecular flexibility index (Phi) is 5.10. The van der Waals surface area contributed by atoms with Gasteiger partial charge in [-0.3, -0.25) is 0 Å². The Morgan fingerprint density at radius 2 is 2.38 bits per heavy atom. The molecule has 0 saturated heterocycles. The highest BCUT2D eigenvalue weighted by Gasteiger charge is 2.02. The molecule has 0 aliphatic rings. The smallest absolute Gasteiger partial charge is 0.206 e. The number of nitrogens with one attached hydrogen (secondary N) is 1. The van der Waals surface area contributed by atoms with Crippen LogP contribution in [0.15, 0.2) is 4.34 Å². The topological polar surface area (TPSA) is 58.0 Å². The van der Waals surface area contributed by atoms with Crippen molar-refractivity contribution in [1.29, 1.82) is 0 Å². The lowest BCUT2D eigenvalue weighted by Crippen LogP contribution is -1.98. The minimum atomic E-state index is 0.183. The van der Waals surface area contributed by atoms with Gasteiger partial charge in [0, 0.05) is 12.3 Å². The third-order valence-corrected chi connectivity index (χ3v) is 3.24. The maximum Gasteiger partial charge on any atom is 0.206 e. The van der Waals surface area contributed by atoms with Gasteiger partial charge in [-0.05, 0) is 6.42 Å². The van der Waals surface area contributed by atoms with E-state index in [0.717, 1.165) is 22.4 Å². The van der Waals surface area contributed by atoms with Crippen molar-refractivity contribution in [2.75, 3.05) is 24.2 Å². The van der Waals surface area contributed by atoms with Crippen molar-refractivity contribution in [3.63, 3.8) is 0 Å². The molecular formula is C7H13N3OS2. The largest absolute Gasteiger partial charge is 0.396 e. The molecule has 0 spiro atoms. The molecule has 0 aliphatic carbocycles. The Bertz CT molecular complexity index is 219. The van der Waals surface area contributed by atoms with Crippen LogP contribution < -0.4 is 5.32 Å². The van der Waals surface area contributed by atoms with Gasteiger partial charge >= 0.3 is 0 Å². The zero-order valence-corrected chi connectivity index (χ0v) is 9.12. The molecule has 0 unspecified atom stereocenters. The normalized spacial score (nSPS) is 10.3. The fraction of sp³-hybridized carbons (Fsp3) is 0.714. The predicted octanol–water partition coefficient (Wildman–Crippen LogP) is 1.44. The van der Waals surface area contributed by atoms with Crippen LogP contribution in [0.4, 0.5) is 5.13 Å². The first-order valence-electron chi connectivity index (χ1n) is 4.18. The maximum atomic E-state index is 8.60. The second-order valence-corrected chi connectivity index (χ2v) is 4.69. The van der Waals surface area contributed by atoms with E-state index in [-0.39, 0.29) is 6.61 Å². The molecule has 0 aliphatic heterocycles. The fourth-order valence-corrected chi connectivity index (χ4v) is 2.29. The van der Waals surface area contributed by atoms with Crippen LogP contribution in [-0.2, 0) is 0 Å². The van der Waals surface area contributed by atoms with Crippen LogP contribution >= 0.6 is 23.1 Å². The van der Waals surface area contributed by atoms with Gasteiger partial charge in [-0.25, -0.2) is 0 Å². The van der Waals surface area contributed by atoms with Crippen molar-refractivity contribution in [1.82, 2.24) is 10.2 Å². The van der Waals surface area contributed by atoms with Gasteiger partial charge in [0.1, 0.15) is 0 Å². The molecule has 6 heteroatoms. The molecule has 0 radical (unpaired) electrons. The van der Waals surface area contributed by atoms with Crippen LogP contribution in [0.1, 0.15) is 13.3 Å². The molecule has 0 atom stereocenters. The third kappa shape index (κ3) is 3.93. The highest BCUT2D eigenvalue weighted by atomic mass is 32.2. The van der Waals surface area contributed by atoms with E-state index in [0.29, 0.717) is 5.75 Å². The number of aliphatic hydroxyl groups is 1. The molecule has 1 heterocycles. The van der Waals surface area contributed by atoms with Gasteiger partial charge in [-0.15, -0.1) is 10.2 Å². The Balaban J connectivity index is 2.34. The molecular weight excluding hydrogens is 206 g/mol. The van der Waals surface area contributed by atoms with E-state index < -0.39 is 0 Å². The van der Waals surface area contributed by atoms with Crippen molar-refractivity contribution < 1.29 is 5.11 Å². The molecule has 1 rings (SSSR count). The Labute approximate surface area is 85.8 Å². The number of anilines is 1. The van der Waals surface area contributed by atoms with Crippen LogP contribution in [0.5, 0.6) is 0 Å². The van der Waals surface area contributed by atoms with E-state index in [2.05, 4.69) is 22.4 Å². The second kappa shape index (κ2) is 6.17. The average Bonchev–Trinajstić information content (AvgIpc) is 2.59. The minimum Gasteiger partial charge on any atom is -0.396 e. The summed E-state index contributed by atoms with van der Waals surface area (Å²) >= 11 is 3.06. The zero-order chi connectivity index (χ0) is 9.52. The summed E-state index contributed by atoms with van der Waals surface area (Å²) < 4.78 is 0.910. The molecule has 4 nitrogen and oxygen atoms in total. The summed E-state index contributed by atoms with van der Waals surface area (Å²) in [5, 5.41) is 20.5. The molecule has 0 amide bonds. The number of hydrogen-bond acceptors (Lipinski definition) is 6. The monoisotopic (exact) mass is 219 g/mol. The van der Waals surface area contributed by atoms with Gasteiger partial charge in [0.05, 0.1) is 6.61 Å². The van der Waals surface area contributed by atoms with Crippen LogP contribution in [0.25, 0.3) is 0 Å². The van der Waals surface area contributed by atoms with Crippen LogP contribution in [-0.4, -0.2) is 34.2 Å². The summed E-state index contributed by atoms with van der Waals surface area (Å²) in [6.07, 6.45) is 1.08. The lowest BCUT2D eigenvalue weighted by atomic mass is 10.5. The van der Waals surface area contributed by atoms with Crippen LogP contribution in [0.3, 0.4) is 0 Å². The summed E-state index contributed by atoms with van der Waals surface area (Å²) in [6, 6.07) is 0. The predicted molar refractivity (Wildman–Crippen MR) is 56.5 cm³/mol. The van der Waals surface area contributed by atoms with Crippen molar-refractivity contribution >= 4 is 28.2 Å². The van der Waals surface area contributed by atoms with Crippen molar-refractivity contribution in [3.05, 3.63) is 0 Å². The van der Waals surface area contributed by atoms with Gasteiger partial charge in [0.2, 0.25) is 5.13 Å². The van der Waals surface area contributed by atoms with Gasteiger partial charge in [-0.2, -0.15) is 0 Å². The lowest BCUT2D eigenvalue weighted by Gasteiger charge is -1.95. The molecule has 1 aromatic heterocycles. The third-order valence-electron chi connectivity index (χ3n) is 1.25. The summed E-state index contributed by atoms with van der Waals surface area (Å²) in [4.78, 5) is 0. The highest BCUT2D eigenvalue weighted by molar-refractivity contribution is 8.01. The number of rotatable bonds is 6. The van der Waals surface area contributed by atoms with Crippen LogP contribution in [0, 0.1) is 0 Å². The second-order valence-electron chi connectivity index (χ2n) is 2.37. The Hall–Kier alpha value is -0.330. The molecule has 0 aromatic carbocycles. The standard InChI is InChI=1S/C7H13N3OS2/c1-2-3-8-6-9-10-7(13-6)12-5-4-11/h11H,2-5H2,1H3,(H,8,9). The van der Waals surface area contributed by atoms with Gasteiger partial charge < -0.3 is 10.4 Å². The fourth-order valence-electron chi connectivity index (χ4n) is 0.704. The molecule has 13 heavy (non-hydrogen) atoms. The number of aliphatic hydroxyl groups excluding tert-OH is 1. The average molecular weight is 219 g/mol. The molecule has 1 aromatic rings. The number of hydrogen-bond donors (Lipinski definition) is 2.